The van der Waals surface area contributed by atoms with E-state index in [2.05, 4.69) is 23.2 Å². The van der Waals surface area contributed by atoms with Crippen molar-refractivity contribution < 1.29 is 4.79 Å². The molecule has 0 atom stereocenters. The molecule has 0 aliphatic carbocycles. The SMILES string of the molecule is CN(C)C(=O)c1cccc(-c2ccc3[nH]ccc3c2)c1. The zero-order valence-corrected chi connectivity index (χ0v) is 11.6. The van der Waals surface area contributed by atoms with Gasteiger partial charge in [-0.25, -0.2) is 0 Å². The second-order valence-corrected chi connectivity index (χ2v) is 5.06. The van der Waals surface area contributed by atoms with Crippen LogP contribution in [-0.4, -0.2) is 29.9 Å². The number of nitrogens with zero attached hydrogens (tertiary/aromatic N) is 1. The van der Waals surface area contributed by atoms with Gasteiger partial charge >= 0.3 is 0 Å². The molecule has 0 aliphatic heterocycles. The van der Waals surface area contributed by atoms with Crippen LogP contribution in [0.5, 0.6) is 0 Å². The lowest BCUT2D eigenvalue weighted by atomic mass is 10.0. The average Bonchev–Trinajstić information content (AvgIpc) is 2.93. The molecule has 1 heterocycles. The van der Waals surface area contributed by atoms with Gasteiger partial charge in [0.15, 0.2) is 0 Å². The van der Waals surface area contributed by atoms with E-state index in [9.17, 15) is 4.79 Å². The molecule has 0 saturated heterocycles. The van der Waals surface area contributed by atoms with E-state index < -0.39 is 0 Å². The lowest BCUT2D eigenvalue weighted by Gasteiger charge is -2.11. The summed E-state index contributed by atoms with van der Waals surface area (Å²) in [6.07, 6.45) is 1.93. The van der Waals surface area contributed by atoms with E-state index in [1.807, 2.05) is 36.5 Å². The van der Waals surface area contributed by atoms with Gasteiger partial charge in [-0.3, -0.25) is 4.79 Å². The van der Waals surface area contributed by atoms with E-state index in [4.69, 9.17) is 0 Å². The summed E-state index contributed by atoms with van der Waals surface area (Å²) in [4.78, 5) is 16.8. The lowest BCUT2D eigenvalue weighted by molar-refractivity contribution is 0.0827. The van der Waals surface area contributed by atoms with Crippen molar-refractivity contribution in [1.82, 2.24) is 9.88 Å². The molecule has 3 heteroatoms. The van der Waals surface area contributed by atoms with Gasteiger partial charge in [0.05, 0.1) is 0 Å². The van der Waals surface area contributed by atoms with Crippen LogP contribution in [0.25, 0.3) is 22.0 Å². The minimum atomic E-state index is 0.0228. The molecular weight excluding hydrogens is 248 g/mol. The van der Waals surface area contributed by atoms with Gasteiger partial charge in [-0.1, -0.05) is 18.2 Å². The molecule has 3 aromatic rings. The Morgan fingerprint density at radius 1 is 1.00 bits per heavy atom. The Balaban J connectivity index is 2.05. The molecule has 1 aromatic heterocycles. The van der Waals surface area contributed by atoms with Crippen molar-refractivity contribution in [3.8, 4) is 11.1 Å². The Kier molecular flexibility index (Phi) is 3.03. The highest BCUT2D eigenvalue weighted by Crippen LogP contribution is 2.24. The maximum atomic E-state index is 12.0. The molecule has 0 saturated carbocycles. The van der Waals surface area contributed by atoms with Crippen LogP contribution in [0.1, 0.15) is 10.4 Å². The van der Waals surface area contributed by atoms with Crippen molar-refractivity contribution in [3.63, 3.8) is 0 Å². The van der Waals surface area contributed by atoms with Crippen LogP contribution in [0.4, 0.5) is 0 Å². The monoisotopic (exact) mass is 264 g/mol. The van der Waals surface area contributed by atoms with Crippen LogP contribution < -0.4 is 0 Å². The normalized spacial score (nSPS) is 10.7. The van der Waals surface area contributed by atoms with Crippen molar-refractivity contribution in [3.05, 3.63) is 60.3 Å². The van der Waals surface area contributed by atoms with Gasteiger partial charge < -0.3 is 9.88 Å². The van der Waals surface area contributed by atoms with Gasteiger partial charge in [0.2, 0.25) is 0 Å². The Labute approximate surface area is 117 Å². The lowest BCUT2D eigenvalue weighted by Crippen LogP contribution is -2.21. The summed E-state index contributed by atoms with van der Waals surface area (Å²) in [5.41, 5.74) is 4.00. The van der Waals surface area contributed by atoms with E-state index >= 15 is 0 Å². The van der Waals surface area contributed by atoms with Gasteiger partial charge in [-0.05, 0) is 46.8 Å². The first-order chi connectivity index (χ1) is 9.65. The summed E-state index contributed by atoms with van der Waals surface area (Å²) in [5.74, 6) is 0.0228. The highest BCUT2D eigenvalue weighted by molar-refractivity contribution is 5.95. The van der Waals surface area contributed by atoms with Gasteiger partial charge in [-0.2, -0.15) is 0 Å². The Hall–Kier alpha value is -2.55. The van der Waals surface area contributed by atoms with Crippen LogP contribution in [0.3, 0.4) is 0 Å². The molecule has 20 heavy (non-hydrogen) atoms. The average molecular weight is 264 g/mol. The number of fused-ring (bicyclic) bond motifs is 1. The van der Waals surface area contributed by atoms with E-state index in [0.717, 1.165) is 16.6 Å². The molecule has 0 spiro atoms. The number of carbonyl (C=O) groups excluding carboxylic acids is 1. The first kappa shape index (κ1) is 12.5. The van der Waals surface area contributed by atoms with Crippen LogP contribution in [0.15, 0.2) is 54.7 Å². The Morgan fingerprint density at radius 3 is 2.60 bits per heavy atom. The number of rotatable bonds is 2. The zero-order valence-electron chi connectivity index (χ0n) is 11.6. The number of benzene rings is 2. The molecule has 1 amide bonds. The van der Waals surface area contributed by atoms with Crippen LogP contribution in [-0.2, 0) is 0 Å². The second-order valence-electron chi connectivity index (χ2n) is 5.06. The third-order valence-electron chi connectivity index (χ3n) is 3.40. The Morgan fingerprint density at radius 2 is 1.80 bits per heavy atom. The third-order valence-corrected chi connectivity index (χ3v) is 3.40. The predicted molar refractivity (Wildman–Crippen MR) is 81.8 cm³/mol. The van der Waals surface area contributed by atoms with Crippen LogP contribution >= 0.6 is 0 Å². The predicted octanol–water partition coefficient (Wildman–Crippen LogP) is 3.54. The topological polar surface area (TPSA) is 36.1 Å². The maximum absolute atomic E-state index is 12.0. The minimum absolute atomic E-state index is 0.0228. The highest BCUT2D eigenvalue weighted by Gasteiger charge is 2.09. The van der Waals surface area contributed by atoms with E-state index in [1.165, 1.54) is 5.39 Å². The summed E-state index contributed by atoms with van der Waals surface area (Å²) in [6, 6.07) is 16.0. The summed E-state index contributed by atoms with van der Waals surface area (Å²) >= 11 is 0. The quantitative estimate of drug-likeness (QED) is 0.755. The fourth-order valence-electron chi connectivity index (χ4n) is 2.32. The van der Waals surface area contributed by atoms with Gasteiger partial charge in [0.25, 0.3) is 5.91 Å². The summed E-state index contributed by atoms with van der Waals surface area (Å²) < 4.78 is 0. The molecular formula is C17H16N2O. The second kappa shape index (κ2) is 4.85. The molecule has 0 aliphatic rings. The molecule has 1 N–H and O–H groups in total. The first-order valence-corrected chi connectivity index (χ1v) is 6.54. The molecule has 100 valence electrons. The fourth-order valence-corrected chi connectivity index (χ4v) is 2.32. The number of aromatic amines is 1. The number of hydrogen-bond acceptors (Lipinski definition) is 1. The largest absolute Gasteiger partial charge is 0.361 e. The Bertz CT molecular complexity index is 771. The molecule has 0 fully saturated rings. The summed E-state index contributed by atoms with van der Waals surface area (Å²) in [5, 5.41) is 1.17. The number of nitrogens with one attached hydrogen (secondary N) is 1. The number of H-pyrrole nitrogens is 1. The molecule has 0 unspecified atom stereocenters. The van der Waals surface area contributed by atoms with Crippen molar-refractivity contribution in [2.75, 3.05) is 14.1 Å². The van der Waals surface area contributed by atoms with Gasteiger partial charge in [-0.15, -0.1) is 0 Å². The number of aromatic nitrogens is 1. The van der Waals surface area contributed by atoms with Crippen molar-refractivity contribution in [2.45, 2.75) is 0 Å². The maximum Gasteiger partial charge on any atom is 0.253 e. The number of hydrogen-bond donors (Lipinski definition) is 1. The van der Waals surface area contributed by atoms with E-state index in [0.29, 0.717) is 5.56 Å². The summed E-state index contributed by atoms with van der Waals surface area (Å²) in [6.45, 7) is 0. The van der Waals surface area contributed by atoms with Crippen molar-refractivity contribution in [2.24, 2.45) is 0 Å². The van der Waals surface area contributed by atoms with Crippen LogP contribution in [0.2, 0.25) is 0 Å². The minimum Gasteiger partial charge on any atom is -0.361 e. The number of carbonyl (C=O) groups is 1. The first-order valence-electron chi connectivity index (χ1n) is 6.54. The zero-order chi connectivity index (χ0) is 14.1. The van der Waals surface area contributed by atoms with Crippen LogP contribution in [0, 0.1) is 0 Å². The van der Waals surface area contributed by atoms with E-state index in [1.54, 1.807) is 19.0 Å². The molecule has 3 rings (SSSR count). The summed E-state index contributed by atoms with van der Waals surface area (Å²) in [7, 11) is 3.53. The highest BCUT2D eigenvalue weighted by atomic mass is 16.2. The standard InChI is InChI=1S/C17H16N2O/c1-19(2)17(20)15-5-3-4-12(11-15)13-6-7-16-14(10-13)8-9-18-16/h3-11,18H,1-2H3. The molecule has 3 nitrogen and oxygen atoms in total. The van der Waals surface area contributed by atoms with E-state index in [-0.39, 0.29) is 5.91 Å². The number of amides is 1. The third kappa shape index (κ3) is 2.18. The smallest absolute Gasteiger partial charge is 0.253 e. The fraction of sp³-hybridized carbons (Fsp3) is 0.118. The van der Waals surface area contributed by atoms with Crippen molar-refractivity contribution >= 4 is 16.8 Å². The van der Waals surface area contributed by atoms with Crippen molar-refractivity contribution in [1.29, 1.82) is 0 Å². The van der Waals surface area contributed by atoms with Gasteiger partial charge in [0.1, 0.15) is 0 Å². The van der Waals surface area contributed by atoms with Gasteiger partial charge in [0, 0.05) is 31.4 Å². The molecule has 0 radical (unpaired) electrons. The molecule has 2 aromatic carbocycles. The molecule has 0 bridgehead atoms.